The second-order valence-electron chi connectivity index (χ2n) is 17.5. The summed E-state index contributed by atoms with van der Waals surface area (Å²) in [5.74, 6) is 0. The molecule has 0 aliphatic heterocycles. The third-order valence-electron chi connectivity index (χ3n) is 13.8. The van der Waals surface area contributed by atoms with E-state index in [1.807, 2.05) is 0 Å². The maximum Gasteiger partial charge on any atom is 0.0621 e. The number of hydrogen-bond acceptors (Lipinski definition) is 2. The van der Waals surface area contributed by atoms with E-state index in [0.717, 1.165) is 12.1 Å². The zero-order valence-electron chi connectivity index (χ0n) is 35.3. The van der Waals surface area contributed by atoms with Gasteiger partial charge in [-0.2, -0.15) is 0 Å². The molecule has 0 saturated heterocycles. The molecule has 13 rings (SSSR count). The highest BCUT2D eigenvalue weighted by Crippen LogP contribution is 2.50. The van der Waals surface area contributed by atoms with Crippen LogP contribution in [0.5, 0.6) is 0 Å². The first-order valence-electron chi connectivity index (χ1n) is 21.9. The Morgan fingerprint density at radius 1 is 0.435 bits per heavy atom. The Hall–Kier alpha value is -7.56. The largest absolute Gasteiger partial charge is 0.333 e. The number of aryl methyl sites for hydroxylation is 4. The maximum atomic E-state index is 2.60. The number of fused-ring (bicyclic) bond motifs is 12. The summed E-state index contributed by atoms with van der Waals surface area (Å²) in [5, 5.41) is 10.3. The molecule has 4 heterocycles. The number of hydrogen-bond donors (Lipinski definition) is 0. The Morgan fingerprint density at radius 2 is 0.984 bits per heavy atom. The van der Waals surface area contributed by atoms with Crippen molar-refractivity contribution in [2.45, 2.75) is 40.2 Å². The highest BCUT2D eigenvalue weighted by atomic mass is 15.2. The van der Waals surface area contributed by atoms with Crippen LogP contribution < -0.4 is 9.80 Å². The van der Waals surface area contributed by atoms with Gasteiger partial charge in [-0.1, -0.05) is 115 Å². The molecule has 0 N–H and O–H groups in total. The molecule has 0 spiro atoms. The summed E-state index contributed by atoms with van der Waals surface area (Å²) in [7, 11) is 0. The van der Waals surface area contributed by atoms with Crippen LogP contribution in [0.3, 0.4) is 0 Å². The van der Waals surface area contributed by atoms with Crippen LogP contribution >= 0.6 is 0 Å². The first-order valence-corrected chi connectivity index (χ1v) is 21.9. The Bertz CT molecular complexity index is 3840. The third-order valence-corrected chi connectivity index (χ3v) is 13.8. The highest BCUT2D eigenvalue weighted by Gasteiger charge is 2.28. The van der Waals surface area contributed by atoms with Crippen LogP contribution in [0.1, 0.15) is 28.7 Å². The first-order chi connectivity index (χ1) is 30.4. The molecule has 12 aromatic rings. The lowest BCUT2D eigenvalue weighted by molar-refractivity contribution is 0.785. The predicted molar refractivity (Wildman–Crippen MR) is 265 cm³/mol. The normalized spacial score (nSPS) is 14.4. The minimum atomic E-state index is 0.206. The summed E-state index contributed by atoms with van der Waals surface area (Å²) in [6.45, 7) is 8.86. The molecule has 8 aromatic carbocycles. The number of rotatable bonds is 6. The Kier molecular flexibility index (Phi) is 7.37. The standard InChI is InChI=1S/C58H44N4/c1-35-27-29-37(3)51(31-35)59(39-15-7-5-8-16-39)47-23-13-25-49-55(47)43-21-11-19-41-45-34-54-46(33-53(45)61(49)57(41)43)42-20-12-22-44-56-48(24-14-26-50(56)62(54)58(42)44)60(40-17-9-6-10-18-40)52-32-36(2)28-30-38(52)4/h5-17,19-34,40H,18H2,1-4H3. The molecular weight excluding hydrogens is 753 g/mol. The van der Waals surface area contributed by atoms with Crippen LogP contribution in [0.25, 0.3) is 76.2 Å². The third kappa shape index (κ3) is 4.78. The number of para-hydroxylation sites is 3. The molecule has 4 nitrogen and oxygen atoms in total. The fourth-order valence-electron chi connectivity index (χ4n) is 11.1. The van der Waals surface area contributed by atoms with E-state index in [4.69, 9.17) is 0 Å². The van der Waals surface area contributed by atoms with E-state index in [-0.39, 0.29) is 6.04 Å². The minimum Gasteiger partial charge on any atom is -0.333 e. The van der Waals surface area contributed by atoms with Gasteiger partial charge in [-0.05, 0) is 117 Å². The molecule has 0 radical (unpaired) electrons. The topological polar surface area (TPSA) is 15.3 Å². The molecular formula is C58H44N4. The van der Waals surface area contributed by atoms with Crippen molar-refractivity contribution in [1.82, 2.24) is 8.80 Å². The average molecular weight is 797 g/mol. The van der Waals surface area contributed by atoms with Crippen LogP contribution in [0, 0.1) is 27.7 Å². The molecule has 0 saturated carbocycles. The van der Waals surface area contributed by atoms with Crippen molar-refractivity contribution in [3.05, 3.63) is 198 Å². The highest BCUT2D eigenvalue weighted by molar-refractivity contribution is 6.31. The van der Waals surface area contributed by atoms with Gasteiger partial charge < -0.3 is 18.6 Å². The fourth-order valence-corrected chi connectivity index (χ4v) is 11.1. The molecule has 4 aromatic heterocycles. The van der Waals surface area contributed by atoms with E-state index < -0.39 is 0 Å². The summed E-state index contributed by atoms with van der Waals surface area (Å²) in [5.41, 5.74) is 18.6. The molecule has 62 heavy (non-hydrogen) atoms. The quantitative estimate of drug-likeness (QED) is 0.167. The van der Waals surface area contributed by atoms with Crippen molar-refractivity contribution < 1.29 is 0 Å². The van der Waals surface area contributed by atoms with Gasteiger partial charge in [0, 0.05) is 60.2 Å². The second kappa shape index (κ2) is 13.0. The number of benzene rings is 8. The zero-order chi connectivity index (χ0) is 41.4. The molecule has 0 fully saturated rings. The predicted octanol–water partition coefficient (Wildman–Crippen LogP) is 15.7. The summed E-state index contributed by atoms with van der Waals surface area (Å²) < 4.78 is 5.10. The SMILES string of the molecule is Cc1ccc(C)c(N(c2ccccc2)c2cccc3c2c2cccc4c5cc6c(cc5n3c42)c2cccc3c4c(N(c5cc(C)ccc5C)C5C=CC=CC5)cccc4n6c23)c1. The summed E-state index contributed by atoms with van der Waals surface area (Å²) in [6.07, 6.45) is 10.0. The molecule has 1 unspecified atom stereocenters. The fraction of sp³-hybridized carbons (Fsp3) is 0.103. The molecule has 0 amide bonds. The van der Waals surface area contributed by atoms with Crippen LogP contribution in [0.15, 0.2) is 176 Å². The Labute approximate surface area is 360 Å². The van der Waals surface area contributed by atoms with E-state index in [1.165, 1.54) is 121 Å². The lowest BCUT2D eigenvalue weighted by Crippen LogP contribution is -2.30. The van der Waals surface area contributed by atoms with Gasteiger partial charge in [0.1, 0.15) is 0 Å². The van der Waals surface area contributed by atoms with Crippen molar-refractivity contribution in [2.24, 2.45) is 0 Å². The smallest absolute Gasteiger partial charge is 0.0621 e. The van der Waals surface area contributed by atoms with Gasteiger partial charge in [0.2, 0.25) is 0 Å². The van der Waals surface area contributed by atoms with Crippen molar-refractivity contribution >= 4 is 105 Å². The van der Waals surface area contributed by atoms with Crippen LogP contribution in [0.4, 0.5) is 28.4 Å². The summed E-state index contributed by atoms with van der Waals surface area (Å²) >= 11 is 0. The minimum absolute atomic E-state index is 0.206. The Balaban J connectivity index is 1.09. The molecule has 1 aliphatic carbocycles. The van der Waals surface area contributed by atoms with E-state index in [1.54, 1.807) is 0 Å². The van der Waals surface area contributed by atoms with Gasteiger partial charge >= 0.3 is 0 Å². The molecule has 1 aliphatic rings. The van der Waals surface area contributed by atoms with E-state index >= 15 is 0 Å². The maximum absolute atomic E-state index is 2.60. The molecule has 296 valence electrons. The van der Waals surface area contributed by atoms with Crippen LogP contribution in [0.2, 0.25) is 0 Å². The van der Waals surface area contributed by atoms with Crippen molar-refractivity contribution in [3.63, 3.8) is 0 Å². The van der Waals surface area contributed by atoms with E-state index in [0.29, 0.717) is 0 Å². The van der Waals surface area contributed by atoms with Gasteiger partial charge in [-0.3, -0.25) is 0 Å². The van der Waals surface area contributed by atoms with Crippen LogP contribution in [-0.4, -0.2) is 14.8 Å². The van der Waals surface area contributed by atoms with Gasteiger partial charge in [-0.15, -0.1) is 0 Å². The molecule has 0 bridgehead atoms. The van der Waals surface area contributed by atoms with Gasteiger partial charge in [0.25, 0.3) is 0 Å². The van der Waals surface area contributed by atoms with Gasteiger partial charge in [0.05, 0.1) is 50.5 Å². The van der Waals surface area contributed by atoms with Gasteiger partial charge in [0.15, 0.2) is 0 Å². The van der Waals surface area contributed by atoms with Gasteiger partial charge in [-0.25, -0.2) is 0 Å². The lowest BCUT2D eigenvalue weighted by atomic mass is 9.99. The number of nitrogens with zero attached hydrogens (tertiary/aromatic N) is 4. The number of aromatic nitrogens is 2. The second-order valence-corrected chi connectivity index (χ2v) is 17.5. The van der Waals surface area contributed by atoms with Crippen molar-refractivity contribution in [1.29, 1.82) is 0 Å². The molecule has 1 atom stereocenters. The lowest BCUT2D eigenvalue weighted by Gasteiger charge is -2.34. The summed E-state index contributed by atoms with van der Waals surface area (Å²) in [6, 6.07) is 57.3. The van der Waals surface area contributed by atoms with Crippen LogP contribution in [-0.2, 0) is 0 Å². The van der Waals surface area contributed by atoms with E-state index in [9.17, 15) is 0 Å². The number of anilines is 5. The average Bonchev–Trinajstić information content (AvgIpc) is 4.03. The monoisotopic (exact) mass is 796 g/mol. The van der Waals surface area contributed by atoms with Crippen molar-refractivity contribution in [2.75, 3.05) is 9.80 Å². The van der Waals surface area contributed by atoms with Crippen molar-refractivity contribution in [3.8, 4) is 0 Å². The zero-order valence-corrected chi connectivity index (χ0v) is 35.3. The Morgan fingerprint density at radius 3 is 1.60 bits per heavy atom. The number of allylic oxidation sites excluding steroid dienone is 2. The molecule has 4 heteroatoms. The summed E-state index contributed by atoms with van der Waals surface area (Å²) in [4.78, 5) is 5.06. The van der Waals surface area contributed by atoms with E-state index in [2.05, 4.69) is 222 Å². The first kappa shape index (κ1) is 35.2.